The quantitative estimate of drug-likeness (QED) is 0.778. The van der Waals surface area contributed by atoms with Gasteiger partial charge in [-0.25, -0.2) is 9.97 Å². The van der Waals surface area contributed by atoms with Crippen molar-refractivity contribution in [3.05, 3.63) is 37.5 Å². The zero-order valence-corrected chi connectivity index (χ0v) is 13.2. The van der Waals surface area contributed by atoms with Crippen molar-refractivity contribution >= 4 is 51.6 Å². The summed E-state index contributed by atoms with van der Waals surface area (Å²) in [6, 6.07) is 5.29. The van der Waals surface area contributed by atoms with Gasteiger partial charge in [-0.15, -0.1) is 0 Å². The first kappa shape index (κ1) is 13.8. The Labute approximate surface area is 129 Å². The molecule has 1 aromatic heterocycles. The number of halogens is 3. The van der Waals surface area contributed by atoms with Gasteiger partial charge in [-0.1, -0.05) is 36.2 Å². The normalized spacial score (nSPS) is 10.7. The number of hydrogen-bond donors (Lipinski definition) is 1. The van der Waals surface area contributed by atoms with Crippen LogP contribution < -0.4 is 5.73 Å². The lowest BCUT2D eigenvalue weighted by Crippen LogP contribution is -2.04. The van der Waals surface area contributed by atoms with Gasteiger partial charge in [-0.2, -0.15) is 0 Å². The summed E-state index contributed by atoms with van der Waals surface area (Å²) in [6.07, 6.45) is 0.778. The van der Waals surface area contributed by atoms with Crippen LogP contribution in [-0.2, 0) is 6.42 Å². The van der Waals surface area contributed by atoms with E-state index in [0.29, 0.717) is 27.3 Å². The fourth-order valence-electron chi connectivity index (χ4n) is 1.57. The van der Waals surface area contributed by atoms with E-state index in [1.807, 2.05) is 6.92 Å². The summed E-state index contributed by atoms with van der Waals surface area (Å²) < 4.78 is 0.877. The maximum Gasteiger partial charge on any atom is 0.164 e. The van der Waals surface area contributed by atoms with Crippen LogP contribution in [0.3, 0.4) is 0 Å². The lowest BCUT2D eigenvalue weighted by molar-refractivity contribution is 0.994. The van der Waals surface area contributed by atoms with E-state index in [1.54, 1.807) is 18.2 Å². The smallest absolute Gasteiger partial charge is 0.164 e. The maximum atomic E-state index is 6.14. The third-order valence-corrected chi connectivity index (χ3v) is 4.27. The van der Waals surface area contributed by atoms with Gasteiger partial charge in [0.25, 0.3) is 0 Å². The first-order valence-electron chi connectivity index (χ1n) is 5.30. The van der Waals surface area contributed by atoms with E-state index in [1.165, 1.54) is 0 Å². The van der Waals surface area contributed by atoms with E-state index in [0.717, 1.165) is 15.7 Å². The minimum Gasteiger partial charge on any atom is -0.383 e. The summed E-state index contributed by atoms with van der Waals surface area (Å²) in [5.74, 6) is 0.925. The van der Waals surface area contributed by atoms with E-state index in [-0.39, 0.29) is 0 Å². The van der Waals surface area contributed by atoms with Gasteiger partial charge in [0.05, 0.1) is 24.9 Å². The molecule has 2 N–H and O–H groups in total. The second-order valence-electron chi connectivity index (χ2n) is 3.64. The lowest BCUT2D eigenvalue weighted by Gasteiger charge is -2.10. The Hall–Kier alpha value is -0.590. The van der Waals surface area contributed by atoms with Crippen molar-refractivity contribution < 1.29 is 0 Å². The molecule has 0 amide bonds. The molecular weight excluding hydrogens is 384 g/mol. The molecular formula is C12H10Cl2IN3. The number of aryl methyl sites for hydroxylation is 1. The summed E-state index contributed by atoms with van der Waals surface area (Å²) in [4.78, 5) is 8.74. The molecule has 0 aliphatic rings. The maximum absolute atomic E-state index is 6.14. The Balaban J connectivity index is 2.68. The zero-order chi connectivity index (χ0) is 13.3. The van der Waals surface area contributed by atoms with E-state index in [9.17, 15) is 0 Å². The fourth-order valence-corrected chi connectivity index (χ4v) is 2.76. The van der Waals surface area contributed by atoms with Crippen molar-refractivity contribution in [3.8, 4) is 11.4 Å². The Kier molecular flexibility index (Phi) is 4.29. The lowest BCUT2D eigenvalue weighted by atomic mass is 10.2. The first-order chi connectivity index (χ1) is 8.54. The van der Waals surface area contributed by atoms with Crippen molar-refractivity contribution in [1.29, 1.82) is 0 Å². The standard InChI is InChI=1S/C12H10Cl2IN3/c1-2-8-10(15)11(16)18-12(17-8)9-6(13)4-3-5-7(9)14/h3-5H,2H2,1H3,(H2,16,17,18). The van der Waals surface area contributed by atoms with Crippen molar-refractivity contribution in [2.75, 3.05) is 5.73 Å². The van der Waals surface area contributed by atoms with E-state index >= 15 is 0 Å². The molecule has 0 bridgehead atoms. The molecule has 0 aliphatic carbocycles. The second-order valence-corrected chi connectivity index (χ2v) is 5.54. The predicted molar refractivity (Wildman–Crippen MR) is 84.0 cm³/mol. The minimum atomic E-state index is 0.452. The number of nitrogens with zero attached hydrogens (tertiary/aromatic N) is 2. The second kappa shape index (κ2) is 5.59. The van der Waals surface area contributed by atoms with Crippen LogP contribution in [0.25, 0.3) is 11.4 Å². The van der Waals surface area contributed by atoms with Gasteiger partial charge in [0.1, 0.15) is 5.82 Å². The molecule has 2 aromatic rings. The number of hydrogen-bond acceptors (Lipinski definition) is 3. The van der Waals surface area contributed by atoms with Crippen LogP contribution in [0.2, 0.25) is 10.0 Å². The van der Waals surface area contributed by atoms with Crippen LogP contribution in [0.5, 0.6) is 0 Å². The molecule has 0 radical (unpaired) electrons. The Bertz CT molecular complexity index is 582. The van der Waals surface area contributed by atoms with Crippen LogP contribution in [0.15, 0.2) is 18.2 Å². The SMILES string of the molecule is CCc1nc(-c2c(Cl)cccc2Cl)nc(N)c1I. The van der Waals surface area contributed by atoms with Crippen molar-refractivity contribution in [2.24, 2.45) is 0 Å². The Morgan fingerprint density at radius 1 is 1.22 bits per heavy atom. The fraction of sp³-hybridized carbons (Fsp3) is 0.167. The summed E-state index contributed by atoms with van der Waals surface area (Å²) in [5, 5.41) is 1.04. The third-order valence-electron chi connectivity index (χ3n) is 2.47. The molecule has 3 nitrogen and oxygen atoms in total. The van der Waals surface area contributed by atoms with Gasteiger partial charge in [0, 0.05) is 0 Å². The average Bonchev–Trinajstić information content (AvgIpc) is 2.33. The highest BCUT2D eigenvalue weighted by Crippen LogP contribution is 2.33. The van der Waals surface area contributed by atoms with Crippen LogP contribution >= 0.6 is 45.8 Å². The van der Waals surface area contributed by atoms with Crippen LogP contribution in [0.4, 0.5) is 5.82 Å². The number of rotatable bonds is 2. The Morgan fingerprint density at radius 3 is 2.39 bits per heavy atom. The molecule has 1 heterocycles. The summed E-state index contributed by atoms with van der Waals surface area (Å²) in [6.45, 7) is 2.02. The van der Waals surface area contributed by atoms with Crippen molar-refractivity contribution in [1.82, 2.24) is 9.97 Å². The molecule has 0 atom stereocenters. The highest BCUT2D eigenvalue weighted by atomic mass is 127. The molecule has 0 saturated carbocycles. The number of anilines is 1. The molecule has 6 heteroatoms. The summed E-state index contributed by atoms with van der Waals surface area (Å²) in [5.41, 5.74) is 7.41. The van der Waals surface area contributed by atoms with Gasteiger partial charge in [0.2, 0.25) is 0 Å². The summed E-state index contributed by atoms with van der Waals surface area (Å²) in [7, 11) is 0. The van der Waals surface area contributed by atoms with Crippen molar-refractivity contribution in [3.63, 3.8) is 0 Å². The van der Waals surface area contributed by atoms with Gasteiger partial charge < -0.3 is 5.73 Å². The average molecular weight is 394 g/mol. The molecule has 0 unspecified atom stereocenters. The molecule has 94 valence electrons. The minimum absolute atomic E-state index is 0.452. The molecule has 2 rings (SSSR count). The van der Waals surface area contributed by atoms with Gasteiger partial charge in [-0.05, 0) is 41.1 Å². The topological polar surface area (TPSA) is 51.8 Å². The zero-order valence-electron chi connectivity index (χ0n) is 9.54. The molecule has 0 saturated heterocycles. The van der Waals surface area contributed by atoms with Crippen LogP contribution in [0.1, 0.15) is 12.6 Å². The largest absolute Gasteiger partial charge is 0.383 e. The molecule has 0 fully saturated rings. The predicted octanol–water partition coefficient (Wildman–Crippen LogP) is 4.20. The van der Waals surface area contributed by atoms with Gasteiger partial charge in [0.15, 0.2) is 5.82 Å². The molecule has 18 heavy (non-hydrogen) atoms. The number of nitrogen functional groups attached to an aromatic ring is 1. The highest BCUT2D eigenvalue weighted by Gasteiger charge is 2.15. The Morgan fingerprint density at radius 2 is 1.83 bits per heavy atom. The third kappa shape index (κ3) is 2.55. The summed E-state index contributed by atoms with van der Waals surface area (Å²) >= 11 is 14.4. The van der Waals surface area contributed by atoms with E-state index < -0.39 is 0 Å². The van der Waals surface area contributed by atoms with E-state index in [4.69, 9.17) is 28.9 Å². The van der Waals surface area contributed by atoms with Crippen LogP contribution in [0, 0.1) is 3.57 Å². The highest BCUT2D eigenvalue weighted by molar-refractivity contribution is 14.1. The van der Waals surface area contributed by atoms with Crippen LogP contribution in [-0.4, -0.2) is 9.97 Å². The van der Waals surface area contributed by atoms with Gasteiger partial charge in [-0.3, -0.25) is 0 Å². The van der Waals surface area contributed by atoms with Crippen molar-refractivity contribution in [2.45, 2.75) is 13.3 Å². The number of aromatic nitrogens is 2. The molecule has 1 aromatic carbocycles. The first-order valence-corrected chi connectivity index (χ1v) is 7.14. The molecule has 0 spiro atoms. The van der Waals surface area contributed by atoms with E-state index in [2.05, 4.69) is 32.6 Å². The van der Waals surface area contributed by atoms with Gasteiger partial charge >= 0.3 is 0 Å². The number of benzene rings is 1. The molecule has 0 aliphatic heterocycles. The monoisotopic (exact) mass is 393 g/mol. The number of nitrogens with two attached hydrogens (primary N) is 1.